The molecule has 2 aromatic rings. The molecule has 0 spiro atoms. The fraction of sp³-hybridized carbons (Fsp3) is 0.417. The number of benzene rings is 2. The van der Waals surface area contributed by atoms with Crippen LogP contribution in [0.2, 0.25) is 0 Å². The molecule has 3 rings (SSSR count). The minimum absolute atomic E-state index is 0. The van der Waals surface area contributed by atoms with Crippen molar-refractivity contribution >= 4 is 35.8 Å². The van der Waals surface area contributed by atoms with Crippen molar-refractivity contribution in [2.24, 2.45) is 4.99 Å². The lowest BCUT2D eigenvalue weighted by Crippen LogP contribution is -2.39. The Bertz CT molecular complexity index is 829. The first-order valence-corrected chi connectivity index (χ1v) is 10.8. The zero-order valence-electron chi connectivity index (χ0n) is 18.2. The van der Waals surface area contributed by atoms with Gasteiger partial charge >= 0.3 is 0 Å². The molecule has 1 amide bonds. The van der Waals surface area contributed by atoms with E-state index in [-0.39, 0.29) is 29.9 Å². The fourth-order valence-electron chi connectivity index (χ4n) is 3.43. The van der Waals surface area contributed by atoms with Crippen molar-refractivity contribution < 1.29 is 9.53 Å². The zero-order valence-corrected chi connectivity index (χ0v) is 20.5. The van der Waals surface area contributed by atoms with Gasteiger partial charge in [-0.3, -0.25) is 4.79 Å². The zero-order chi connectivity index (χ0) is 21.0. The Kier molecular flexibility index (Phi) is 11.2. The van der Waals surface area contributed by atoms with Crippen LogP contribution >= 0.6 is 24.0 Å². The highest BCUT2D eigenvalue weighted by atomic mass is 127. The van der Waals surface area contributed by atoms with Crippen LogP contribution in [0.25, 0.3) is 0 Å². The van der Waals surface area contributed by atoms with Gasteiger partial charge in [0.2, 0.25) is 5.91 Å². The van der Waals surface area contributed by atoms with Gasteiger partial charge in [-0.05, 0) is 31.4 Å². The lowest BCUT2D eigenvalue weighted by Gasteiger charge is -2.16. The molecule has 1 heterocycles. The molecule has 168 valence electrons. The van der Waals surface area contributed by atoms with Crippen LogP contribution in [0.1, 0.15) is 37.3 Å². The van der Waals surface area contributed by atoms with E-state index in [1.807, 2.05) is 47.4 Å². The van der Waals surface area contributed by atoms with E-state index >= 15 is 0 Å². The summed E-state index contributed by atoms with van der Waals surface area (Å²) in [5.41, 5.74) is 2.19. The van der Waals surface area contributed by atoms with Crippen LogP contribution in [0.5, 0.6) is 5.75 Å². The van der Waals surface area contributed by atoms with E-state index in [4.69, 9.17) is 9.73 Å². The van der Waals surface area contributed by atoms with Gasteiger partial charge < -0.3 is 20.3 Å². The lowest BCUT2D eigenvalue weighted by molar-refractivity contribution is -0.127. The number of guanidine groups is 1. The number of hydrogen-bond donors (Lipinski definition) is 2. The quantitative estimate of drug-likeness (QED) is 0.209. The number of hydrogen-bond acceptors (Lipinski definition) is 3. The molecular formula is C24H33IN4O2. The molecule has 1 saturated heterocycles. The maximum atomic E-state index is 11.7. The number of likely N-dealkylation sites (tertiary alicyclic amines) is 1. The number of carbonyl (C=O) groups excluding carboxylic acids is 1. The summed E-state index contributed by atoms with van der Waals surface area (Å²) in [6, 6.07) is 18.2. The third-order valence-corrected chi connectivity index (χ3v) is 5.03. The molecule has 0 atom stereocenters. The second-order valence-corrected chi connectivity index (χ2v) is 7.34. The second kappa shape index (κ2) is 13.9. The van der Waals surface area contributed by atoms with Crippen molar-refractivity contribution in [3.05, 3.63) is 65.7 Å². The molecule has 6 nitrogen and oxygen atoms in total. The summed E-state index contributed by atoms with van der Waals surface area (Å²) in [4.78, 5) is 18.4. The molecule has 1 aliphatic heterocycles. The second-order valence-electron chi connectivity index (χ2n) is 7.34. The summed E-state index contributed by atoms with van der Waals surface area (Å²) < 4.78 is 6.03. The Labute approximate surface area is 202 Å². The van der Waals surface area contributed by atoms with Gasteiger partial charge in [0.25, 0.3) is 0 Å². The molecule has 0 saturated carbocycles. The monoisotopic (exact) mass is 536 g/mol. The summed E-state index contributed by atoms with van der Waals surface area (Å²) >= 11 is 0. The number of halogens is 1. The van der Waals surface area contributed by atoms with Gasteiger partial charge in [0.1, 0.15) is 12.4 Å². The normalized spacial score (nSPS) is 13.6. The lowest BCUT2D eigenvalue weighted by atomic mass is 10.2. The molecule has 1 fully saturated rings. The number of nitrogens with zero attached hydrogens (tertiary/aromatic N) is 2. The molecule has 2 N–H and O–H groups in total. The highest BCUT2D eigenvalue weighted by molar-refractivity contribution is 14.0. The number of amides is 1. The Morgan fingerprint density at radius 1 is 1.10 bits per heavy atom. The summed E-state index contributed by atoms with van der Waals surface area (Å²) in [5, 5.41) is 6.65. The highest BCUT2D eigenvalue weighted by Gasteiger charge is 2.18. The van der Waals surface area contributed by atoms with Crippen LogP contribution in [0, 0.1) is 0 Å². The number of carbonyl (C=O) groups is 1. The molecule has 7 heteroatoms. The predicted molar refractivity (Wildman–Crippen MR) is 136 cm³/mol. The van der Waals surface area contributed by atoms with Crippen LogP contribution in [-0.4, -0.2) is 42.9 Å². The number of nitrogens with one attached hydrogen (secondary N) is 2. The SMILES string of the molecule is CCNC(=NCc1ccccc1OCc1ccccc1)NCCCN1CCCC1=O.I. The maximum absolute atomic E-state index is 11.7. The van der Waals surface area contributed by atoms with E-state index in [9.17, 15) is 4.79 Å². The van der Waals surface area contributed by atoms with E-state index in [2.05, 4.69) is 29.7 Å². The Balaban J connectivity index is 0.00000341. The van der Waals surface area contributed by atoms with Gasteiger partial charge in [-0.15, -0.1) is 24.0 Å². The van der Waals surface area contributed by atoms with Gasteiger partial charge in [0.05, 0.1) is 6.54 Å². The summed E-state index contributed by atoms with van der Waals surface area (Å²) in [6.45, 7) is 6.40. The van der Waals surface area contributed by atoms with Crippen molar-refractivity contribution in [1.29, 1.82) is 0 Å². The van der Waals surface area contributed by atoms with Crippen LogP contribution in [0.15, 0.2) is 59.6 Å². The van der Waals surface area contributed by atoms with Crippen molar-refractivity contribution in [2.75, 3.05) is 26.2 Å². The molecule has 1 aliphatic rings. The largest absolute Gasteiger partial charge is 0.489 e. The van der Waals surface area contributed by atoms with E-state index < -0.39 is 0 Å². The van der Waals surface area contributed by atoms with E-state index in [1.165, 1.54) is 0 Å². The van der Waals surface area contributed by atoms with Gasteiger partial charge in [-0.2, -0.15) is 0 Å². The smallest absolute Gasteiger partial charge is 0.222 e. The minimum Gasteiger partial charge on any atom is -0.489 e. The molecular weight excluding hydrogens is 503 g/mol. The average Bonchev–Trinajstić information content (AvgIpc) is 3.19. The first kappa shape index (κ1) is 25.0. The molecule has 0 bridgehead atoms. The Morgan fingerprint density at radius 3 is 2.61 bits per heavy atom. The number of aliphatic imine (C=N–C) groups is 1. The van der Waals surface area contributed by atoms with Crippen LogP contribution in [0.3, 0.4) is 0 Å². The maximum Gasteiger partial charge on any atom is 0.222 e. The van der Waals surface area contributed by atoms with Crippen molar-refractivity contribution in [3.8, 4) is 5.75 Å². The van der Waals surface area contributed by atoms with Gasteiger partial charge in [0, 0.05) is 38.2 Å². The van der Waals surface area contributed by atoms with Crippen LogP contribution in [-0.2, 0) is 17.9 Å². The first-order valence-electron chi connectivity index (χ1n) is 10.8. The van der Waals surface area contributed by atoms with Gasteiger partial charge in [-0.1, -0.05) is 48.5 Å². The number of para-hydroxylation sites is 1. The van der Waals surface area contributed by atoms with Crippen molar-refractivity contribution in [1.82, 2.24) is 15.5 Å². The van der Waals surface area contributed by atoms with Crippen molar-refractivity contribution in [3.63, 3.8) is 0 Å². The van der Waals surface area contributed by atoms with Crippen LogP contribution in [0.4, 0.5) is 0 Å². The van der Waals surface area contributed by atoms with Gasteiger partial charge in [-0.25, -0.2) is 4.99 Å². The Morgan fingerprint density at radius 2 is 1.87 bits per heavy atom. The third kappa shape index (κ3) is 8.40. The fourth-order valence-corrected chi connectivity index (χ4v) is 3.43. The predicted octanol–water partition coefficient (Wildman–Crippen LogP) is 3.95. The topological polar surface area (TPSA) is 66.0 Å². The molecule has 0 aromatic heterocycles. The van der Waals surface area contributed by atoms with Crippen LogP contribution < -0.4 is 15.4 Å². The highest BCUT2D eigenvalue weighted by Crippen LogP contribution is 2.20. The van der Waals surface area contributed by atoms with Gasteiger partial charge in [0.15, 0.2) is 5.96 Å². The standard InChI is InChI=1S/C24H32N4O2.HI/c1-2-25-24(26-15-9-17-28-16-8-14-23(28)29)27-18-21-12-6-7-13-22(21)30-19-20-10-4-3-5-11-20;/h3-7,10-13H,2,8-9,14-19H2,1H3,(H2,25,26,27);1H. The van der Waals surface area contributed by atoms with Crippen molar-refractivity contribution in [2.45, 2.75) is 39.3 Å². The summed E-state index contributed by atoms with van der Waals surface area (Å²) in [7, 11) is 0. The molecule has 0 aliphatic carbocycles. The minimum atomic E-state index is 0. The number of rotatable bonds is 10. The molecule has 0 radical (unpaired) electrons. The third-order valence-electron chi connectivity index (χ3n) is 5.03. The van der Waals surface area contributed by atoms with E-state index in [1.54, 1.807) is 0 Å². The van der Waals surface area contributed by atoms with E-state index in [0.29, 0.717) is 19.6 Å². The molecule has 2 aromatic carbocycles. The number of ether oxygens (including phenoxy) is 1. The summed E-state index contributed by atoms with van der Waals surface area (Å²) in [6.07, 6.45) is 2.60. The summed E-state index contributed by atoms with van der Waals surface area (Å²) in [5.74, 6) is 1.92. The molecule has 31 heavy (non-hydrogen) atoms. The first-order chi connectivity index (χ1) is 14.8. The average molecular weight is 536 g/mol. The Hall–Kier alpha value is -2.29. The molecule has 0 unspecified atom stereocenters. The van der Waals surface area contributed by atoms with E-state index in [0.717, 1.165) is 61.9 Å².